The Balaban J connectivity index is 1.04. The molecular weight excluding hydrogens is 727 g/mol. The summed E-state index contributed by atoms with van der Waals surface area (Å²) in [6.07, 6.45) is 0. The topological polar surface area (TPSA) is 31.2 Å². The van der Waals surface area contributed by atoms with E-state index in [1.807, 2.05) is 23.5 Å². The van der Waals surface area contributed by atoms with Gasteiger partial charge in [-0.05, 0) is 88.5 Å². The summed E-state index contributed by atoms with van der Waals surface area (Å²) >= 11 is 1.87. The SMILES string of the molecule is c1ccc(-c2ccc3sc4c(-c5cc(-n6c7ccccc7c7cc(-c8ccc9oc%10ccccc%10c9c8)ccc76)cc6oc7ccccc7c56)cccc4c3c2)cc1. The van der Waals surface area contributed by atoms with Crippen LogP contribution in [0.5, 0.6) is 0 Å². The van der Waals surface area contributed by atoms with E-state index in [-0.39, 0.29) is 0 Å². The highest BCUT2D eigenvalue weighted by atomic mass is 32.1. The molecule has 0 saturated heterocycles. The molecule has 13 aromatic rings. The maximum Gasteiger partial charge on any atom is 0.138 e. The van der Waals surface area contributed by atoms with Gasteiger partial charge in [-0.15, -0.1) is 11.3 Å². The van der Waals surface area contributed by atoms with Gasteiger partial charge in [0.1, 0.15) is 22.3 Å². The van der Waals surface area contributed by atoms with Crippen LogP contribution in [0.1, 0.15) is 0 Å². The van der Waals surface area contributed by atoms with Crippen LogP contribution in [0, 0.1) is 0 Å². The van der Waals surface area contributed by atoms with Crippen LogP contribution in [0.2, 0.25) is 0 Å². The molecule has 0 spiro atoms. The summed E-state index contributed by atoms with van der Waals surface area (Å²) in [5.41, 5.74) is 14.1. The van der Waals surface area contributed by atoms with E-state index in [9.17, 15) is 0 Å². The molecule has 4 heterocycles. The second-order valence-electron chi connectivity index (χ2n) is 15.2. The molecule has 0 aliphatic rings. The molecule has 4 aromatic heterocycles. The second kappa shape index (κ2) is 12.1. The van der Waals surface area contributed by atoms with Crippen molar-refractivity contribution in [3.8, 4) is 39.1 Å². The fourth-order valence-electron chi connectivity index (χ4n) is 9.34. The van der Waals surface area contributed by atoms with E-state index >= 15 is 0 Å². The molecule has 0 N–H and O–H groups in total. The van der Waals surface area contributed by atoms with Crippen molar-refractivity contribution in [2.24, 2.45) is 0 Å². The lowest BCUT2D eigenvalue weighted by molar-refractivity contribution is 0.668. The van der Waals surface area contributed by atoms with Gasteiger partial charge in [-0.2, -0.15) is 0 Å². The van der Waals surface area contributed by atoms with Crippen LogP contribution in [-0.4, -0.2) is 4.57 Å². The van der Waals surface area contributed by atoms with Crippen molar-refractivity contribution in [3.05, 3.63) is 188 Å². The Bertz CT molecular complexity index is 3800. The van der Waals surface area contributed by atoms with Crippen molar-refractivity contribution in [1.82, 2.24) is 4.57 Å². The zero-order chi connectivity index (χ0) is 37.9. The molecule has 0 fully saturated rings. The largest absolute Gasteiger partial charge is 0.456 e. The molecule has 0 aliphatic carbocycles. The van der Waals surface area contributed by atoms with Crippen molar-refractivity contribution >= 4 is 97.2 Å². The molecule has 13 rings (SSSR count). The smallest absolute Gasteiger partial charge is 0.138 e. The fourth-order valence-corrected chi connectivity index (χ4v) is 10.5. The maximum absolute atomic E-state index is 6.73. The van der Waals surface area contributed by atoms with Crippen molar-refractivity contribution in [2.75, 3.05) is 0 Å². The molecule has 0 unspecified atom stereocenters. The Hall–Kier alpha value is -7.40. The molecule has 0 radical (unpaired) electrons. The van der Waals surface area contributed by atoms with Crippen LogP contribution in [0.3, 0.4) is 0 Å². The van der Waals surface area contributed by atoms with E-state index in [2.05, 4.69) is 180 Å². The van der Waals surface area contributed by atoms with Gasteiger partial charge in [0, 0.05) is 64.1 Å². The van der Waals surface area contributed by atoms with Crippen molar-refractivity contribution in [2.45, 2.75) is 0 Å². The van der Waals surface area contributed by atoms with Gasteiger partial charge in [0.25, 0.3) is 0 Å². The summed E-state index contributed by atoms with van der Waals surface area (Å²) in [7, 11) is 0. The lowest BCUT2D eigenvalue weighted by Crippen LogP contribution is -1.95. The number of fused-ring (bicyclic) bond motifs is 12. The van der Waals surface area contributed by atoms with Crippen LogP contribution in [-0.2, 0) is 0 Å². The molecule has 0 bridgehead atoms. The third-order valence-electron chi connectivity index (χ3n) is 12.0. The quantitative estimate of drug-likeness (QED) is 0.179. The minimum Gasteiger partial charge on any atom is -0.456 e. The monoisotopic (exact) mass is 757 g/mol. The summed E-state index contributed by atoms with van der Waals surface area (Å²) in [4.78, 5) is 0. The lowest BCUT2D eigenvalue weighted by atomic mass is 9.96. The summed E-state index contributed by atoms with van der Waals surface area (Å²) in [6, 6.07) is 67.8. The van der Waals surface area contributed by atoms with Crippen molar-refractivity contribution in [1.29, 1.82) is 0 Å². The van der Waals surface area contributed by atoms with Gasteiger partial charge in [0.2, 0.25) is 0 Å². The molecule has 9 aromatic carbocycles. The predicted octanol–water partition coefficient (Wildman–Crippen LogP) is 16.0. The Morgan fingerprint density at radius 2 is 0.966 bits per heavy atom. The first-order valence-electron chi connectivity index (χ1n) is 19.7. The molecular formula is C54H31NO2S. The molecule has 4 heteroatoms. The number of rotatable bonds is 4. The van der Waals surface area contributed by atoms with Gasteiger partial charge in [0.05, 0.1) is 16.7 Å². The predicted molar refractivity (Wildman–Crippen MR) is 245 cm³/mol. The molecule has 0 aliphatic heterocycles. The molecule has 0 atom stereocenters. The third-order valence-corrected chi connectivity index (χ3v) is 13.2. The Labute approximate surface area is 336 Å². The Morgan fingerprint density at radius 1 is 0.345 bits per heavy atom. The first-order valence-corrected chi connectivity index (χ1v) is 20.5. The highest BCUT2D eigenvalue weighted by Crippen LogP contribution is 2.47. The maximum atomic E-state index is 6.73. The minimum atomic E-state index is 0.876. The molecule has 0 saturated carbocycles. The Kier molecular flexibility index (Phi) is 6.60. The second-order valence-corrected chi connectivity index (χ2v) is 16.3. The van der Waals surface area contributed by atoms with Crippen LogP contribution < -0.4 is 0 Å². The van der Waals surface area contributed by atoms with Gasteiger partial charge in [0.15, 0.2) is 0 Å². The standard InChI is InChI=1S/C54H31NO2S/c1-2-11-32(12-3-1)33-23-26-52-44(29-33)39-16-10-17-40(54(39)58-52)45-30-36(31-51-53(45)41-15-6-9-20-49(41)57-51)55-46-18-7-4-13-37(46)42-27-34(21-24-47(42)55)35-22-25-50-43(28-35)38-14-5-8-19-48(38)56-50/h1-31H. The number of hydrogen-bond acceptors (Lipinski definition) is 3. The number of aromatic nitrogens is 1. The highest BCUT2D eigenvalue weighted by molar-refractivity contribution is 7.26. The van der Waals surface area contributed by atoms with Crippen molar-refractivity contribution < 1.29 is 8.83 Å². The van der Waals surface area contributed by atoms with E-state index in [1.165, 1.54) is 58.8 Å². The molecule has 270 valence electrons. The van der Waals surface area contributed by atoms with Gasteiger partial charge in [-0.1, -0.05) is 121 Å². The normalized spacial score (nSPS) is 12.1. The van der Waals surface area contributed by atoms with Crippen molar-refractivity contribution in [3.63, 3.8) is 0 Å². The minimum absolute atomic E-state index is 0.876. The van der Waals surface area contributed by atoms with Crippen LogP contribution in [0.25, 0.3) is 125 Å². The summed E-state index contributed by atoms with van der Waals surface area (Å²) in [6.45, 7) is 0. The number of furan rings is 2. The summed E-state index contributed by atoms with van der Waals surface area (Å²) < 4.78 is 17.9. The fraction of sp³-hybridized carbons (Fsp3) is 0. The van der Waals surface area contributed by atoms with E-state index < -0.39 is 0 Å². The highest BCUT2D eigenvalue weighted by Gasteiger charge is 2.21. The van der Waals surface area contributed by atoms with E-state index in [0.29, 0.717) is 0 Å². The molecule has 3 nitrogen and oxygen atoms in total. The summed E-state index contributed by atoms with van der Waals surface area (Å²) in [5, 5.41) is 9.50. The first-order chi connectivity index (χ1) is 28.7. The van der Waals surface area contributed by atoms with Crippen LogP contribution >= 0.6 is 11.3 Å². The average molecular weight is 758 g/mol. The number of nitrogens with zero attached hydrogens (tertiary/aromatic N) is 1. The van der Waals surface area contributed by atoms with Gasteiger partial charge < -0.3 is 13.4 Å². The van der Waals surface area contributed by atoms with E-state index in [1.54, 1.807) is 0 Å². The lowest BCUT2D eigenvalue weighted by Gasteiger charge is -2.13. The van der Waals surface area contributed by atoms with Crippen LogP contribution in [0.15, 0.2) is 197 Å². The molecule has 58 heavy (non-hydrogen) atoms. The number of hydrogen-bond donors (Lipinski definition) is 0. The Morgan fingerprint density at radius 3 is 1.84 bits per heavy atom. The number of benzene rings is 9. The first kappa shape index (κ1) is 31.8. The van der Waals surface area contributed by atoms with Crippen LogP contribution in [0.4, 0.5) is 0 Å². The number of para-hydroxylation sites is 3. The van der Waals surface area contributed by atoms with Gasteiger partial charge in [-0.3, -0.25) is 0 Å². The van der Waals surface area contributed by atoms with Gasteiger partial charge >= 0.3 is 0 Å². The van der Waals surface area contributed by atoms with Gasteiger partial charge in [-0.25, -0.2) is 0 Å². The van der Waals surface area contributed by atoms with E-state index in [4.69, 9.17) is 8.83 Å². The zero-order valence-corrected chi connectivity index (χ0v) is 31.9. The zero-order valence-electron chi connectivity index (χ0n) is 31.1. The number of thiophene rings is 1. The molecule has 0 amide bonds. The summed E-state index contributed by atoms with van der Waals surface area (Å²) in [5.74, 6) is 0. The average Bonchev–Trinajstić information content (AvgIpc) is 4.04. The van der Waals surface area contributed by atoms with E-state index in [0.717, 1.165) is 66.2 Å². The third kappa shape index (κ3) is 4.61.